The van der Waals surface area contributed by atoms with Crippen molar-refractivity contribution in [1.82, 2.24) is 9.78 Å². The van der Waals surface area contributed by atoms with E-state index in [0.717, 1.165) is 21.3 Å². The van der Waals surface area contributed by atoms with E-state index in [1.54, 1.807) is 10.7 Å². The van der Waals surface area contributed by atoms with Gasteiger partial charge in [0, 0.05) is 15.1 Å². The SMILES string of the molecule is Cc1nn(Cc2ccc(F)cc2Cl)c(C)c1NC(=O)c1sc2ccccc2c1Cl. The number of carbonyl (C=O) groups excluding carboxylic acids is 1. The van der Waals surface area contributed by atoms with E-state index in [1.165, 1.54) is 23.5 Å². The topological polar surface area (TPSA) is 46.9 Å². The monoisotopic (exact) mass is 447 g/mol. The lowest BCUT2D eigenvalue weighted by Crippen LogP contribution is -2.12. The molecule has 0 saturated heterocycles. The molecule has 4 rings (SSSR count). The zero-order chi connectivity index (χ0) is 20.7. The molecule has 0 saturated carbocycles. The number of benzene rings is 2. The van der Waals surface area contributed by atoms with Gasteiger partial charge in [-0.15, -0.1) is 11.3 Å². The number of anilines is 1. The summed E-state index contributed by atoms with van der Waals surface area (Å²) in [5.41, 5.74) is 2.81. The summed E-state index contributed by atoms with van der Waals surface area (Å²) in [4.78, 5) is 13.3. The van der Waals surface area contributed by atoms with Gasteiger partial charge in [0.25, 0.3) is 5.91 Å². The van der Waals surface area contributed by atoms with Gasteiger partial charge in [-0.1, -0.05) is 47.5 Å². The summed E-state index contributed by atoms with van der Waals surface area (Å²) in [5.74, 6) is -0.665. The zero-order valence-electron chi connectivity index (χ0n) is 15.6. The molecule has 0 spiro atoms. The third kappa shape index (κ3) is 3.75. The first-order chi connectivity index (χ1) is 13.8. The standard InChI is InChI=1S/C21H16Cl2FN3OS/c1-11-19(12(2)27(26-11)10-13-7-8-14(24)9-16(13)22)25-21(28)20-18(23)15-5-3-4-6-17(15)29-20/h3-9H,10H2,1-2H3,(H,25,28). The zero-order valence-corrected chi connectivity index (χ0v) is 17.9. The van der Waals surface area contributed by atoms with Crippen LogP contribution in [0.3, 0.4) is 0 Å². The molecule has 4 nitrogen and oxygen atoms in total. The molecule has 148 valence electrons. The number of rotatable bonds is 4. The van der Waals surface area contributed by atoms with Crippen molar-refractivity contribution in [3.05, 3.63) is 80.2 Å². The Bertz CT molecular complexity index is 1250. The Kier molecular flexibility index (Phi) is 5.34. The van der Waals surface area contributed by atoms with Crippen molar-refractivity contribution in [3.8, 4) is 0 Å². The summed E-state index contributed by atoms with van der Waals surface area (Å²) >= 11 is 13.9. The molecule has 0 aliphatic rings. The Balaban J connectivity index is 1.62. The Morgan fingerprint density at radius 3 is 2.69 bits per heavy atom. The number of nitrogens with one attached hydrogen (secondary N) is 1. The molecule has 29 heavy (non-hydrogen) atoms. The van der Waals surface area contributed by atoms with Crippen LogP contribution >= 0.6 is 34.5 Å². The second-order valence-corrected chi connectivity index (χ2v) is 8.47. The van der Waals surface area contributed by atoms with Crippen molar-refractivity contribution in [2.45, 2.75) is 20.4 Å². The number of thiophene rings is 1. The minimum atomic E-state index is -0.389. The molecule has 2 heterocycles. The molecule has 1 amide bonds. The third-order valence-corrected chi connectivity index (χ3v) is 6.72. The van der Waals surface area contributed by atoms with Crippen LogP contribution in [0, 0.1) is 19.7 Å². The van der Waals surface area contributed by atoms with Gasteiger partial charge in [-0.25, -0.2) is 4.39 Å². The molecule has 0 bridgehead atoms. The average molecular weight is 448 g/mol. The average Bonchev–Trinajstić information content (AvgIpc) is 3.16. The predicted molar refractivity (Wildman–Crippen MR) is 117 cm³/mol. The summed E-state index contributed by atoms with van der Waals surface area (Å²) in [6, 6.07) is 11.9. The van der Waals surface area contributed by atoms with Crippen LogP contribution in [0.25, 0.3) is 10.1 Å². The van der Waals surface area contributed by atoms with E-state index in [9.17, 15) is 9.18 Å². The quantitative estimate of drug-likeness (QED) is 0.390. The highest BCUT2D eigenvalue weighted by molar-refractivity contribution is 7.21. The molecule has 0 aliphatic carbocycles. The molecule has 2 aromatic carbocycles. The van der Waals surface area contributed by atoms with Crippen molar-refractivity contribution in [3.63, 3.8) is 0 Å². The number of nitrogens with zero attached hydrogens (tertiary/aromatic N) is 2. The maximum atomic E-state index is 13.3. The van der Waals surface area contributed by atoms with Crippen LogP contribution in [0.4, 0.5) is 10.1 Å². The number of carbonyl (C=O) groups is 1. The van der Waals surface area contributed by atoms with Crippen molar-refractivity contribution >= 4 is 56.2 Å². The van der Waals surface area contributed by atoms with E-state index in [0.29, 0.717) is 32.8 Å². The fraction of sp³-hybridized carbons (Fsp3) is 0.143. The fourth-order valence-electron chi connectivity index (χ4n) is 3.17. The highest BCUT2D eigenvalue weighted by Crippen LogP contribution is 2.36. The van der Waals surface area contributed by atoms with Crippen LogP contribution in [0.2, 0.25) is 10.0 Å². The van der Waals surface area contributed by atoms with Gasteiger partial charge in [-0.3, -0.25) is 9.48 Å². The maximum absolute atomic E-state index is 13.3. The largest absolute Gasteiger partial charge is 0.318 e. The van der Waals surface area contributed by atoms with Gasteiger partial charge in [0.05, 0.1) is 28.6 Å². The van der Waals surface area contributed by atoms with Crippen LogP contribution < -0.4 is 5.32 Å². The molecule has 0 aliphatic heterocycles. The van der Waals surface area contributed by atoms with Gasteiger partial charge in [0.1, 0.15) is 10.7 Å². The van der Waals surface area contributed by atoms with Gasteiger partial charge in [-0.2, -0.15) is 5.10 Å². The number of halogens is 3. The number of amides is 1. The van der Waals surface area contributed by atoms with Crippen molar-refractivity contribution in [1.29, 1.82) is 0 Å². The molecule has 2 aromatic heterocycles. The Hall–Kier alpha value is -2.41. The van der Waals surface area contributed by atoms with Gasteiger partial charge in [-0.05, 0) is 37.6 Å². The van der Waals surface area contributed by atoms with Gasteiger partial charge in [0.2, 0.25) is 0 Å². The normalized spacial score (nSPS) is 11.2. The minimum Gasteiger partial charge on any atom is -0.318 e. The van der Waals surface area contributed by atoms with Crippen LogP contribution in [0.5, 0.6) is 0 Å². The Morgan fingerprint density at radius 1 is 1.21 bits per heavy atom. The Morgan fingerprint density at radius 2 is 1.97 bits per heavy atom. The minimum absolute atomic E-state index is 0.276. The van der Waals surface area contributed by atoms with E-state index in [4.69, 9.17) is 23.2 Å². The molecule has 0 fully saturated rings. The van der Waals surface area contributed by atoms with Gasteiger partial charge < -0.3 is 5.32 Å². The third-order valence-electron chi connectivity index (χ3n) is 4.70. The van der Waals surface area contributed by atoms with E-state index in [2.05, 4.69) is 10.4 Å². The van der Waals surface area contributed by atoms with Crippen molar-refractivity contribution < 1.29 is 9.18 Å². The maximum Gasteiger partial charge on any atom is 0.267 e. The summed E-state index contributed by atoms with van der Waals surface area (Å²) < 4.78 is 16.0. The van der Waals surface area contributed by atoms with Crippen molar-refractivity contribution in [2.24, 2.45) is 0 Å². The second-order valence-electron chi connectivity index (χ2n) is 6.63. The lowest BCUT2D eigenvalue weighted by molar-refractivity contribution is 0.103. The van der Waals surface area contributed by atoms with E-state index in [-0.39, 0.29) is 11.7 Å². The lowest BCUT2D eigenvalue weighted by Gasteiger charge is -2.08. The molecular weight excluding hydrogens is 432 g/mol. The van der Waals surface area contributed by atoms with E-state index in [1.807, 2.05) is 38.1 Å². The number of fused-ring (bicyclic) bond motifs is 1. The molecular formula is C21H16Cl2FN3OS. The molecule has 0 radical (unpaired) electrons. The molecule has 0 atom stereocenters. The summed E-state index contributed by atoms with van der Waals surface area (Å²) in [6.07, 6.45) is 0. The van der Waals surface area contributed by atoms with E-state index < -0.39 is 0 Å². The predicted octanol–water partition coefficient (Wildman–Crippen LogP) is 6.46. The first-order valence-corrected chi connectivity index (χ1v) is 10.4. The van der Waals surface area contributed by atoms with Gasteiger partial charge >= 0.3 is 0 Å². The number of hydrogen-bond donors (Lipinski definition) is 1. The van der Waals surface area contributed by atoms with Crippen LogP contribution in [0.1, 0.15) is 26.6 Å². The van der Waals surface area contributed by atoms with Gasteiger partial charge in [0.15, 0.2) is 0 Å². The lowest BCUT2D eigenvalue weighted by atomic mass is 10.2. The first kappa shape index (κ1) is 19.9. The van der Waals surface area contributed by atoms with Crippen LogP contribution in [-0.4, -0.2) is 15.7 Å². The summed E-state index contributed by atoms with van der Waals surface area (Å²) in [5, 5.41) is 9.08. The van der Waals surface area contributed by atoms with Crippen LogP contribution in [-0.2, 0) is 6.54 Å². The van der Waals surface area contributed by atoms with Crippen LogP contribution in [0.15, 0.2) is 42.5 Å². The highest BCUT2D eigenvalue weighted by Gasteiger charge is 2.20. The summed E-state index contributed by atoms with van der Waals surface area (Å²) in [7, 11) is 0. The molecule has 4 aromatic rings. The Labute approximate surface area is 180 Å². The number of aromatic nitrogens is 2. The summed E-state index contributed by atoms with van der Waals surface area (Å²) in [6.45, 7) is 4.04. The number of aryl methyl sites for hydroxylation is 1. The van der Waals surface area contributed by atoms with E-state index >= 15 is 0 Å². The van der Waals surface area contributed by atoms with Crippen molar-refractivity contribution in [2.75, 3.05) is 5.32 Å². The molecule has 1 N–H and O–H groups in total. The number of hydrogen-bond acceptors (Lipinski definition) is 3. The smallest absolute Gasteiger partial charge is 0.267 e. The fourth-order valence-corrected chi connectivity index (χ4v) is 4.81. The highest BCUT2D eigenvalue weighted by atomic mass is 35.5. The second kappa shape index (κ2) is 7.78. The molecule has 8 heteroatoms. The molecule has 0 unspecified atom stereocenters. The first-order valence-electron chi connectivity index (χ1n) is 8.81.